The summed E-state index contributed by atoms with van der Waals surface area (Å²) in [5, 5.41) is 8.69. The first-order chi connectivity index (χ1) is 17.2. The largest absolute Gasteiger partial charge is 0.495 e. The summed E-state index contributed by atoms with van der Waals surface area (Å²) in [6, 6.07) is 14.9. The molecule has 0 fully saturated rings. The summed E-state index contributed by atoms with van der Waals surface area (Å²) in [6.07, 6.45) is -0.0279. The molecule has 0 unspecified atom stereocenters. The van der Waals surface area contributed by atoms with Gasteiger partial charge in [0.2, 0.25) is 5.91 Å². The highest BCUT2D eigenvalue weighted by atomic mass is 79.9. The second-order valence-corrected chi connectivity index (χ2v) is 9.78. The van der Waals surface area contributed by atoms with Crippen molar-refractivity contribution in [3.63, 3.8) is 0 Å². The Morgan fingerprint density at radius 2 is 1.75 bits per heavy atom. The van der Waals surface area contributed by atoms with Gasteiger partial charge in [-0.25, -0.2) is 5.43 Å². The van der Waals surface area contributed by atoms with Crippen LogP contribution in [-0.2, 0) is 9.59 Å². The minimum absolute atomic E-state index is 0.0279. The Morgan fingerprint density at radius 1 is 0.972 bits per heavy atom. The maximum Gasteiger partial charge on any atom is 0.277 e. The summed E-state index contributed by atoms with van der Waals surface area (Å²) >= 11 is 6.85. The van der Waals surface area contributed by atoms with Crippen LogP contribution >= 0.6 is 31.9 Å². The number of fused-ring (bicyclic) bond motifs is 3. The summed E-state index contributed by atoms with van der Waals surface area (Å²) in [7, 11) is 1.54. The minimum Gasteiger partial charge on any atom is -0.495 e. The molecular formula is C26H23Br2N3O5. The molecule has 8 nitrogen and oxygen atoms in total. The van der Waals surface area contributed by atoms with Gasteiger partial charge in [0.05, 0.1) is 23.7 Å². The molecule has 4 rings (SSSR count). The molecule has 0 aliphatic carbocycles. The molecule has 186 valence electrons. The zero-order valence-corrected chi connectivity index (χ0v) is 22.9. The Balaban J connectivity index is 1.35. The van der Waals surface area contributed by atoms with Gasteiger partial charge in [0.1, 0.15) is 22.7 Å². The maximum atomic E-state index is 12.6. The van der Waals surface area contributed by atoms with Crippen molar-refractivity contribution in [1.29, 1.82) is 0 Å². The number of nitrogens with one attached hydrogen (secondary N) is 2. The van der Waals surface area contributed by atoms with Crippen molar-refractivity contribution in [2.75, 3.05) is 19.0 Å². The number of furan rings is 1. The average molecular weight is 617 g/mol. The highest BCUT2D eigenvalue weighted by Crippen LogP contribution is 2.36. The number of benzene rings is 3. The summed E-state index contributed by atoms with van der Waals surface area (Å²) in [5.41, 5.74) is 5.68. The smallest absolute Gasteiger partial charge is 0.277 e. The van der Waals surface area contributed by atoms with Gasteiger partial charge in [-0.3, -0.25) is 9.59 Å². The molecule has 0 aliphatic heterocycles. The number of halogens is 2. The fourth-order valence-corrected chi connectivity index (χ4v) is 4.67. The maximum absolute atomic E-state index is 12.6. The van der Waals surface area contributed by atoms with Crippen LogP contribution in [0.25, 0.3) is 21.9 Å². The molecule has 0 saturated carbocycles. The number of ether oxygens (including phenoxy) is 2. The lowest BCUT2D eigenvalue weighted by Gasteiger charge is -2.11. The van der Waals surface area contributed by atoms with Crippen molar-refractivity contribution in [2.45, 2.75) is 20.3 Å². The van der Waals surface area contributed by atoms with Crippen LogP contribution in [0, 0.1) is 6.92 Å². The topological polar surface area (TPSA) is 102 Å². The molecule has 0 bridgehead atoms. The van der Waals surface area contributed by atoms with Crippen molar-refractivity contribution in [2.24, 2.45) is 5.10 Å². The molecule has 1 heterocycles. The first-order valence-corrected chi connectivity index (χ1v) is 12.5. The van der Waals surface area contributed by atoms with E-state index in [1.807, 2.05) is 49.4 Å². The number of hydrogen-bond acceptors (Lipinski definition) is 6. The lowest BCUT2D eigenvalue weighted by Crippen LogP contribution is -2.26. The van der Waals surface area contributed by atoms with E-state index in [2.05, 4.69) is 47.7 Å². The molecule has 2 N–H and O–H groups in total. The third kappa shape index (κ3) is 5.88. The van der Waals surface area contributed by atoms with Crippen LogP contribution in [0.5, 0.6) is 11.5 Å². The third-order valence-corrected chi connectivity index (χ3v) is 6.81. The Kier molecular flexibility index (Phi) is 7.95. The molecule has 4 aromatic rings. The monoisotopic (exact) mass is 615 g/mol. The van der Waals surface area contributed by atoms with Crippen LogP contribution in [0.15, 0.2) is 67.0 Å². The van der Waals surface area contributed by atoms with Gasteiger partial charge in [-0.05, 0) is 59.6 Å². The number of methoxy groups -OCH3 is 1. The van der Waals surface area contributed by atoms with E-state index in [9.17, 15) is 9.59 Å². The van der Waals surface area contributed by atoms with Crippen LogP contribution in [0.4, 0.5) is 5.69 Å². The fourth-order valence-electron chi connectivity index (χ4n) is 3.56. The molecule has 0 saturated heterocycles. The SMILES string of the molecule is COc1cc2c(cc1NC(=O)C/C(C)=N/NC(=O)COc1cc(C)c(Br)cc1Br)oc1ccccc12. The summed E-state index contributed by atoms with van der Waals surface area (Å²) in [5.74, 6) is 0.294. The van der Waals surface area contributed by atoms with Gasteiger partial charge in [-0.1, -0.05) is 34.1 Å². The van der Waals surface area contributed by atoms with Crippen LogP contribution in [0.1, 0.15) is 18.9 Å². The molecule has 10 heteroatoms. The van der Waals surface area contributed by atoms with E-state index in [1.165, 1.54) is 7.11 Å². The number of hydrogen-bond donors (Lipinski definition) is 2. The predicted octanol–water partition coefficient (Wildman–Crippen LogP) is 6.33. The fraction of sp³-hybridized carbons (Fsp3) is 0.192. The van der Waals surface area contributed by atoms with Gasteiger partial charge >= 0.3 is 0 Å². The summed E-state index contributed by atoms with van der Waals surface area (Å²) in [6.45, 7) is 3.35. The summed E-state index contributed by atoms with van der Waals surface area (Å²) in [4.78, 5) is 24.8. The molecule has 1 aromatic heterocycles. The van der Waals surface area contributed by atoms with E-state index in [1.54, 1.807) is 13.0 Å². The van der Waals surface area contributed by atoms with Crippen LogP contribution in [-0.4, -0.2) is 31.2 Å². The van der Waals surface area contributed by atoms with Gasteiger partial charge in [-0.2, -0.15) is 5.10 Å². The number of anilines is 1. The number of nitrogens with zero attached hydrogens (tertiary/aromatic N) is 1. The first kappa shape index (κ1) is 25.7. The summed E-state index contributed by atoms with van der Waals surface area (Å²) < 4.78 is 18.6. The van der Waals surface area contributed by atoms with E-state index in [4.69, 9.17) is 13.9 Å². The van der Waals surface area contributed by atoms with E-state index in [-0.39, 0.29) is 18.9 Å². The van der Waals surface area contributed by atoms with E-state index in [0.717, 1.165) is 30.9 Å². The number of hydrazone groups is 1. The Bertz CT molecular complexity index is 1500. The van der Waals surface area contributed by atoms with Crippen molar-refractivity contribution in [3.8, 4) is 11.5 Å². The number of carbonyl (C=O) groups is 2. The van der Waals surface area contributed by atoms with Gasteiger partial charge in [0, 0.05) is 27.0 Å². The lowest BCUT2D eigenvalue weighted by atomic mass is 10.1. The first-order valence-electron chi connectivity index (χ1n) is 10.9. The Morgan fingerprint density at radius 3 is 2.53 bits per heavy atom. The number of carbonyl (C=O) groups excluding carboxylic acids is 2. The van der Waals surface area contributed by atoms with E-state index < -0.39 is 5.91 Å². The number of rotatable bonds is 8. The van der Waals surface area contributed by atoms with Gasteiger partial charge in [0.15, 0.2) is 6.61 Å². The van der Waals surface area contributed by atoms with Gasteiger partial charge in [0.25, 0.3) is 5.91 Å². The van der Waals surface area contributed by atoms with Crippen LogP contribution < -0.4 is 20.2 Å². The standard InChI is InChI=1S/C26H23Br2N3O5/c1-14-8-23(19(28)11-18(14)27)35-13-26(33)31-30-15(2)9-25(32)29-20-12-22-17(10-24(20)34-3)16-6-4-5-7-21(16)36-22/h4-8,10-12H,9,13H2,1-3H3,(H,29,32)(H,31,33)/b30-15+. The minimum atomic E-state index is -0.445. The quantitative estimate of drug-likeness (QED) is 0.178. The van der Waals surface area contributed by atoms with Gasteiger partial charge in [-0.15, -0.1) is 0 Å². The van der Waals surface area contributed by atoms with E-state index >= 15 is 0 Å². The van der Waals surface area contributed by atoms with Crippen molar-refractivity contribution in [3.05, 3.63) is 63.0 Å². The number of amides is 2. The van der Waals surface area contributed by atoms with Crippen LogP contribution in [0.2, 0.25) is 0 Å². The molecule has 0 aliphatic rings. The molecular weight excluding hydrogens is 594 g/mol. The van der Waals surface area contributed by atoms with Gasteiger partial charge < -0.3 is 19.2 Å². The second kappa shape index (κ2) is 11.1. The lowest BCUT2D eigenvalue weighted by molar-refractivity contribution is -0.123. The molecule has 0 radical (unpaired) electrons. The Hall–Kier alpha value is -3.37. The zero-order chi connectivity index (χ0) is 25.8. The number of aryl methyl sites for hydroxylation is 1. The number of para-hydroxylation sites is 1. The van der Waals surface area contributed by atoms with Crippen LogP contribution in [0.3, 0.4) is 0 Å². The predicted molar refractivity (Wildman–Crippen MR) is 147 cm³/mol. The highest BCUT2D eigenvalue weighted by molar-refractivity contribution is 9.11. The molecule has 36 heavy (non-hydrogen) atoms. The molecule has 2 amide bonds. The third-order valence-electron chi connectivity index (χ3n) is 5.33. The zero-order valence-electron chi connectivity index (χ0n) is 19.8. The highest BCUT2D eigenvalue weighted by Gasteiger charge is 2.15. The average Bonchev–Trinajstić information content (AvgIpc) is 3.20. The normalized spacial score (nSPS) is 11.5. The molecule has 3 aromatic carbocycles. The second-order valence-electron chi connectivity index (χ2n) is 8.07. The van der Waals surface area contributed by atoms with E-state index in [0.29, 0.717) is 28.5 Å². The van der Waals surface area contributed by atoms with Crippen molar-refractivity contribution >= 4 is 77.0 Å². The Labute approximate surface area is 224 Å². The molecule has 0 atom stereocenters. The van der Waals surface area contributed by atoms with Crippen molar-refractivity contribution < 1.29 is 23.5 Å². The molecule has 0 spiro atoms. The van der Waals surface area contributed by atoms with Crippen molar-refractivity contribution in [1.82, 2.24) is 5.43 Å².